The van der Waals surface area contributed by atoms with Gasteiger partial charge in [-0.15, -0.1) is 0 Å². The van der Waals surface area contributed by atoms with Crippen molar-refractivity contribution in [2.45, 2.75) is 25.8 Å². The largest absolute Gasteiger partial charge is 0.481 e. The molecule has 3 rings (SSSR count). The number of carbonyl (C=O) groups excluding carboxylic acids is 1. The molecule has 0 atom stereocenters. The minimum Gasteiger partial charge on any atom is -0.481 e. The van der Waals surface area contributed by atoms with Crippen LogP contribution in [0.25, 0.3) is 5.65 Å². The number of halogens is 1. The first-order chi connectivity index (χ1) is 9.95. The number of hydrogen-bond donors (Lipinski definition) is 2. The Bertz CT molecular complexity index is 734. The van der Waals surface area contributed by atoms with E-state index < -0.39 is 23.7 Å². The van der Waals surface area contributed by atoms with Gasteiger partial charge in [0.05, 0.1) is 5.92 Å². The van der Waals surface area contributed by atoms with Crippen molar-refractivity contribution in [2.24, 2.45) is 5.92 Å². The molecule has 0 aliphatic heterocycles. The summed E-state index contributed by atoms with van der Waals surface area (Å²) in [7, 11) is 0. The van der Waals surface area contributed by atoms with E-state index in [1.54, 1.807) is 12.1 Å². The summed E-state index contributed by atoms with van der Waals surface area (Å²) in [6.07, 6.45) is 2.26. The number of aliphatic carboxylic acids is 1. The third-order valence-corrected chi connectivity index (χ3v) is 3.76. The standard InChI is InChI=1S/C14H14FN3O3/c1-7-2-3-18-10(4-7)17-11(12(18)15)13(19)16-9-5-8(6-9)14(20)21/h2-4,8-9H,5-6H2,1H3,(H,16,19)(H,20,21). The summed E-state index contributed by atoms with van der Waals surface area (Å²) < 4.78 is 15.3. The van der Waals surface area contributed by atoms with Crippen LogP contribution in [0.5, 0.6) is 0 Å². The van der Waals surface area contributed by atoms with Gasteiger partial charge in [-0.3, -0.25) is 14.0 Å². The van der Waals surface area contributed by atoms with Gasteiger partial charge in [0.25, 0.3) is 5.91 Å². The van der Waals surface area contributed by atoms with Crippen LogP contribution in [-0.2, 0) is 4.79 Å². The number of aromatic nitrogens is 2. The Balaban J connectivity index is 1.76. The van der Waals surface area contributed by atoms with Crippen molar-refractivity contribution in [1.82, 2.24) is 14.7 Å². The second kappa shape index (κ2) is 4.83. The summed E-state index contributed by atoms with van der Waals surface area (Å²) in [5.41, 5.74) is 1.02. The van der Waals surface area contributed by atoms with Crippen molar-refractivity contribution in [3.63, 3.8) is 0 Å². The lowest BCUT2D eigenvalue weighted by molar-refractivity contribution is -0.145. The second-order valence-electron chi connectivity index (χ2n) is 5.36. The second-order valence-corrected chi connectivity index (χ2v) is 5.36. The zero-order valence-electron chi connectivity index (χ0n) is 11.3. The Morgan fingerprint density at radius 3 is 2.86 bits per heavy atom. The zero-order chi connectivity index (χ0) is 15.1. The van der Waals surface area contributed by atoms with E-state index in [0.717, 1.165) is 5.56 Å². The van der Waals surface area contributed by atoms with Gasteiger partial charge in [-0.1, -0.05) is 0 Å². The summed E-state index contributed by atoms with van der Waals surface area (Å²) in [6, 6.07) is 3.18. The highest BCUT2D eigenvalue weighted by Gasteiger charge is 2.36. The van der Waals surface area contributed by atoms with Gasteiger partial charge in [0, 0.05) is 12.2 Å². The van der Waals surface area contributed by atoms with Gasteiger partial charge in [-0.05, 0) is 37.5 Å². The Morgan fingerprint density at radius 1 is 1.48 bits per heavy atom. The number of nitrogens with one attached hydrogen (secondary N) is 1. The van der Waals surface area contributed by atoms with Crippen molar-refractivity contribution in [1.29, 1.82) is 0 Å². The average Bonchev–Trinajstić information content (AvgIpc) is 2.69. The van der Waals surface area contributed by atoms with Crippen LogP contribution in [0.15, 0.2) is 18.3 Å². The molecule has 1 aliphatic carbocycles. The van der Waals surface area contributed by atoms with Crippen LogP contribution in [0.2, 0.25) is 0 Å². The number of imidazole rings is 1. The molecular weight excluding hydrogens is 277 g/mol. The predicted octanol–water partition coefficient (Wildman–Crippen LogP) is 1.37. The van der Waals surface area contributed by atoms with Crippen molar-refractivity contribution in [2.75, 3.05) is 0 Å². The molecule has 21 heavy (non-hydrogen) atoms. The molecule has 1 saturated carbocycles. The Hall–Kier alpha value is -2.44. The summed E-state index contributed by atoms with van der Waals surface area (Å²) in [4.78, 5) is 26.7. The Kier molecular flexibility index (Phi) is 3.12. The molecule has 110 valence electrons. The number of rotatable bonds is 3. The van der Waals surface area contributed by atoms with Crippen LogP contribution in [0.3, 0.4) is 0 Å². The van der Waals surface area contributed by atoms with Gasteiger partial charge in [-0.25, -0.2) is 4.98 Å². The van der Waals surface area contributed by atoms with Gasteiger partial charge < -0.3 is 10.4 Å². The smallest absolute Gasteiger partial charge is 0.306 e. The van der Waals surface area contributed by atoms with E-state index in [1.165, 1.54) is 10.6 Å². The normalized spacial score (nSPS) is 21.0. The van der Waals surface area contributed by atoms with Gasteiger partial charge in [-0.2, -0.15) is 4.39 Å². The maximum absolute atomic E-state index is 14.1. The summed E-state index contributed by atoms with van der Waals surface area (Å²) in [5.74, 6) is -2.61. The molecule has 2 aromatic heterocycles. The molecule has 6 nitrogen and oxygen atoms in total. The van der Waals surface area contributed by atoms with Crippen LogP contribution < -0.4 is 5.32 Å². The van der Waals surface area contributed by atoms with Crippen molar-refractivity contribution in [3.8, 4) is 0 Å². The van der Waals surface area contributed by atoms with E-state index in [1.807, 2.05) is 6.92 Å². The number of nitrogens with zero attached hydrogens (tertiary/aromatic N) is 2. The minimum atomic E-state index is -0.866. The fourth-order valence-corrected chi connectivity index (χ4v) is 2.45. The summed E-state index contributed by atoms with van der Waals surface area (Å²) in [6.45, 7) is 1.85. The third kappa shape index (κ3) is 2.35. The maximum Gasteiger partial charge on any atom is 0.306 e. The monoisotopic (exact) mass is 291 g/mol. The summed E-state index contributed by atoms with van der Waals surface area (Å²) >= 11 is 0. The number of carbonyl (C=O) groups is 2. The van der Waals surface area contributed by atoms with Crippen molar-refractivity contribution < 1.29 is 19.1 Å². The molecule has 2 N–H and O–H groups in total. The lowest BCUT2D eigenvalue weighted by Crippen LogP contribution is -2.46. The molecule has 0 aromatic carbocycles. The van der Waals surface area contributed by atoms with Gasteiger partial charge in [0.1, 0.15) is 5.65 Å². The first-order valence-corrected chi connectivity index (χ1v) is 6.63. The molecule has 0 saturated heterocycles. The van der Waals surface area contributed by atoms with Gasteiger partial charge in [0.2, 0.25) is 5.95 Å². The van der Waals surface area contributed by atoms with E-state index >= 15 is 0 Å². The quantitative estimate of drug-likeness (QED) is 0.894. The first kappa shape index (κ1) is 13.5. The number of pyridine rings is 1. The average molecular weight is 291 g/mol. The highest BCUT2D eigenvalue weighted by atomic mass is 19.1. The highest BCUT2D eigenvalue weighted by Crippen LogP contribution is 2.27. The van der Waals surface area contributed by atoms with Crippen LogP contribution in [0, 0.1) is 18.8 Å². The van der Waals surface area contributed by atoms with Crippen molar-refractivity contribution in [3.05, 3.63) is 35.5 Å². The molecule has 0 bridgehead atoms. The third-order valence-electron chi connectivity index (χ3n) is 3.76. The number of amides is 1. The SMILES string of the molecule is Cc1ccn2c(F)c(C(=O)NC3CC(C(=O)O)C3)nc2c1. The number of carboxylic acid groups (broad SMARTS) is 1. The molecule has 1 amide bonds. The molecule has 2 heterocycles. The lowest BCUT2D eigenvalue weighted by atomic mass is 9.80. The molecule has 7 heteroatoms. The van der Waals surface area contributed by atoms with Crippen LogP contribution in [-0.4, -0.2) is 32.4 Å². The molecule has 0 radical (unpaired) electrons. The van der Waals surface area contributed by atoms with E-state index in [9.17, 15) is 14.0 Å². The fraction of sp³-hybridized carbons (Fsp3) is 0.357. The Labute approximate surface area is 119 Å². The van der Waals surface area contributed by atoms with E-state index in [0.29, 0.717) is 18.5 Å². The molecule has 1 aliphatic rings. The van der Waals surface area contributed by atoms with E-state index in [4.69, 9.17) is 5.11 Å². The highest BCUT2D eigenvalue weighted by molar-refractivity contribution is 5.93. The topological polar surface area (TPSA) is 83.7 Å². The number of hydrogen-bond acceptors (Lipinski definition) is 3. The van der Waals surface area contributed by atoms with E-state index in [2.05, 4.69) is 10.3 Å². The Morgan fingerprint density at radius 2 is 2.19 bits per heavy atom. The molecule has 1 fully saturated rings. The maximum atomic E-state index is 14.1. The molecule has 2 aromatic rings. The number of carboxylic acids is 1. The lowest BCUT2D eigenvalue weighted by Gasteiger charge is -2.32. The zero-order valence-corrected chi connectivity index (χ0v) is 11.3. The number of fused-ring (bicyclic) bond motifs is 1. The predicted molar refractivity (Wildman–Crippen MR) is 71.5 cm³/mol. The summed E-state index contributed by atoms with van der Waals surface area (Å²) in [5, 5.41) is 11.4. The molecular formula is C14H14FN3O3. The number of aryl methyl sites for hydroxylation is 1. The van der Waals surface area contributed by atoms with Crippen LogP contribution >= 0.6 is 0 Å². The van der Waals surface area contributed by atoms with Crippen LogP contribution in [0.1, 0.15) is 28.9 Å². The molecule has 0 spiro atoms. The van der Waals surface area contributed by atoms with E-state index in [-0.39, 0.29) is 11.7 Å². The van der Waals surface area contributed by atoms with Gasteiger partial charge >= 0.3 is 5.97 Å². The first-order valence-electron chi connectivity index (χ1n) is 6.63. The van der Waals surface area contributed by atoms with Crippen LogP contribution in [0.4, 0.5) is 4.39 Å². The molecule has 0 unspecified atom stereocenters. The fourth-order valence-electron chi connectivity index (χ4n) is 2.45. The van der Waals surface area contributed by atoms with Crippen molar-refractivity contribution >= 4 is 17.5 Å². The minimum absolute atomic E-state index is 0.232. The van der Waals surface area contributed by atoms with Gasteiger partial charge in [0.15, 0.2) is 5.69 Å².